The van der Waals surface area contributed by atoms with E-state index in [0.29, 0.717) is 19.4 Å². The first-order valence-electron chi connectivity index (χ1n) is 6.87. The zero-order valence-corrected chi connectivity index (χ0v) is 12.1. The van der Waals surface area contributed by atoms with Gasteiger partial charge in [0.2, 0.25) is 15.9 Å². The number of hydrogen-bond acceptors (Lipinski definition) is 4. The smallest absolute Gasteiger partial charge is 0.247 e. The Hall–Kier alpha value is -0.660. The molecule has 1 aliphatic carbocycles. The Labute approximate surface area is 114 Å². The van der Waals surface area contributed by atoms with Gasteiger partial charge in [0.1, 0.15) is 0 Å². The number of hydrogen-bond donors (Lipinski definition) is 1. The molecule has 2 rings (SSSR count). The predicted octanol–water partition coefficient (Wildman–Crippen LogP) is 0.648. The highest BCUT2D eigenvalue weighted by Crippen LogP contribution is 2.21. The van der Waals surface area contributed by atoms with Crippen LogP contribution >= 0.6 is 0 Å². The van der Waals surface area contributed by atoms with Gasteiger partial charge in [0.15, 0.2) is 0 Å². The minimum absolute atomic E-state index is 0.124. The lowest BCUT2D eigenvalue weighted by atomic mass is 9.99. The summed E-state index contributed by atoms with van der Waals surface area (Å²) in [4.78, 5) is 17.3. The van der Waals surface area contributed by atoms with Crippen LogP contribution in [-0.2, 0) is 19.7 Å². The zero-order valence-electron chi connectivity index (χ0n) is 11.3. The van der Waals surface area contributed by atoms with E-state index in [9.17, 15) is 13.2 Å². The molecule has 1 N–H and O–H groups in total. The Morgan fingerprint density at radius 2 is 1.89 bits per heavy atom. The van der Waals surface area contributed by atoms with Crippen LogP contribution in [0.3, 0.4) is 0 Å². The molecule has 1 saturated heterocycles. The fraction of sp³-hybridized carbons (Fsp3) is 0.917. The maximum absolute atomic E-state index is 12.0. The van der Waals surface area contributed by atoms with Crippen molar-refractivity contribution in [1.82, 2.24) is 9.79 Å². The van der Waals surface area contributed by atoms with Crippen molar-refractivity contribution >= 4 is 15.9 Å². The van der Waals surface area contributed by atoms with Gasteiger partial charge in [-0.3, -0.25) is 9.63 Å². The Bertz CT molecular complexity index is 417. The Morgan fingerprint density at radius 3 is 2.53 bits per heavy atom. The molecule has 0 aromatic rings. The van der Waals surface area contributed by atoms with Gasteiger partial charge in [-0.05, 0) is 25.7 Å². The lowest BCUT2D eigenvalue weighted by molar-refractivity contribution is -0.143. The van der Waals surface area contributed by atoms with E-state index >= 15 is 0 Å². The van der Waals surface area contributed by atoms with Crippen LogP contribution in [0.5, 0.6) is 0 Å². The molecule has 0 aromatic heterocycles. The molecule has 1 saturated carbocycles. The summed E-state index contributed by atoms with van der Waals surface area (Å²) >= 11 is 0. The molecule has 1 atom stereocenters. The minimum atomic E-state index is -3.21. The van der Waals surface area contributed by atoms with Crippen LogP contribution in [0.1, 0.15) is 38.5 Å². The second-order valence-electron chi connectivity index (χ2n) is 5.45. The van der Waals surface area contributed by atoms with E-state index in [4.69, 9.17) is 4.84 Å². The maximum Gasteiger partial charge on any atom is 0.247 e. The largest absolute Gasteiger partial charge is 0.272 e. The van der Waals surface area contributed by atoms with Gasteiger partial charge in [0, 0.05) is 13.1 Å². The third-order valence-electron chi connectivity index (χ3n) is 3.85. The molecular weight excluding hydrogens is 268 g/mol. The highest BCUT2D eigenvalue weighted by atomic mass is 32.2. The highest BCUT2D eigenvalue weighted by molar-refractivity contribution is 7.88. The highest BCUT2D eigenvalue weighted by Gasteiger charge is 2.30. The Morgan fingerprint density at radius 1 is 1.21 bits per heavy atom. The summed E-state index contributed by atoms with van der Waals surface area (Å²) < 4.78 is 24.3. The zero-order chi connectivity index (χ0) is 13.9. The molecule has 6 nitrogen and oxygen atoms in total. The number of rotatable bonds is 4. The number of amides is 1. The van der Waals surface area contributed by atoms with Crippen molar-refractivity contribution in [2.75, 3.05) is 19.3 Å². The summed E-state index contributed by atoms with van der Waals surface area (Å²) in [5, 5.41) is 0. The molecule has 1 aliphatic heterocycles. The van der Waals surface area contributed by atoms with Crippen LogP contribution < -0.4 is 5.48 Å². The van der Waals surface area contributed by atoms with Crippen molar-refractivity contribution in [3.63, 3.8) is 0 Å². The molecule has 0 bridgehead atoms. The van der Waals surface area contributed by atoms with Gasteiger partial charge in [-0.15, -0.1) is 0 Å². The van der Waals surface area contributed by atoms with Crippen LogP contribution in [0.15, 0.2) is 0 Å². The SMILES string of the molecule is CS(=O)(=O)N1CCCC(C(=O)NOC2CCCC2)C1. The monoisotopic (exact) mass is 290 g/mol. The van der Waals surface area contributed by atoms with E-state index in [0.717, 1.165) is 25.7 Å². The lowest BCUT2D eigenvalue weighted by Crippen LogP contribution is -2.45. The molecule has 7 heteroatoms. The fourth-order valence-electron chi connectivity index (χ4n) is 2.69. The molecule has 0 spiro atoms. The molecule has 1 heterocycles. The maximum atomic E-state index is 12.0. The average Bonchev–Trinajstić information content (AvgIpc) is 2.88. The van der Waals surface area contributed by atoms with E-state index < -0.39 is 10.0 Å². The topological polar surface area (TPSA) is 75.7 Å². The summed E-state index contributed by atoms with van der Waals surface area (Å²) in [5.41, 5.74) is 2.51. The number of hydroxylamine groups is 1. The predicted molar refractivity (Wildman–Crippen MR) is 70.6 cm³/mol. The van der Waals surface area contributed by atoms with Gasteiger partial charge in [-0.1, -0.05) is 12.8 Å². The normalized spacial score (nSPS) is 26.5. The van der Waals surface area contributed by atoms with Crippen LogP contribution in [0.25, 0.3) is 0 Å². The first-order chi connectivity index (χ1) is 8.97. The number of carbonyl (C=O) groups is 1. The van der Waals surface area contributed by atoms with Gasteiger partial charge < -0.3 is 0 Å². The van der Waals surface area contributed by atoms with Gasteiger partial charge in [-0.2, -0.15) is 0 Å². The number of piperidine rings is 1. The van der Waals surface area contributed by atoms with Crippen LogP contribution in [-0.4, -0.2) is 44.1 Å². The molecule has 1 amide bonds. The summed E-state index contributed by atoms with van der Waals surface area (Å²) in [7, 11) is -3.21. The van der Waals surface area contributed by atoms with Crippen molar-refractivity contribution in [3.8, 4) is 0 Å². The van der Waals surface area contributed by atoms with Crippen molar-refractivity contribution in [2.24, 2.45) is 5.92 Å². The molecule has 0 aromatic carbocycles. The molecule has 0 radical (unpaired) electrons. The van der Waals surface area contributed by atoms with E-state index in [-0.39, 0.29) is 24.5 Å². The van der Waals surface area contributed by atoms with Crippen molar-refractivity contribution in [2.45, 2.75) is 44.6 Å². The van der Waals surface area contributed by atoms with Crippen molar-refractivity contribution < 1.29 is 18.0 Å². The van der Waals surface area contributed by atoms with Crippen LogP contribution in [0.2, 0.25) is 0 Å². The van der Waals surface area contributed by atoms with Crippen molar-refractivity contribution in [1.29, 1.82) is 0 Å². The first-order valence-corrected chi connectivity index (χ1v) is 8.72. The summed E-state index contributed by atoms with van der Waals surface area (Å²) in [6, 6.07) is 0. The Balaban J connectivity index is 1.81. The molecule has 1 unspecified atom stereocenters. The van der Waals surface area contributed by atoms with Crippen molar-refractivity contribution in [3.05, 3.63) is 0 Å². The van der Waals surface area contributed by atoms with Gasteiger partial charge >= 0.3 is 0 Å². The standard InChI is InChI=1S/C12H22N2O4S/c1-19(16,17)14-8-4-5-10(9-14)12(15)13-18-11-6-2-3-7-11/h10-11H,2-9H2,1H3,(H,13,15). The number of nitrogens with one attached hydrogen (secondary N) is 1. The second kappa shape index (κ2) is 6.19. The molecular formula is C12H22N2O4S. The van der Waals surface area contributed by atoms with Gasteiger partial charge in [-0.25, -0.2) is 18.2 Å². The van der Waals surface area contributed by atoms with E-state index in [2.05, 4.69) is 5.48 Å². The van der Waals surface area contributed by atoms with E-state index in [1.54, 1.807) is 0 Å². The number of nitrogens with zero attached hydrogens (tertiary/aromatic N) is 1. The number of sulfonamides is 1. The summed E-state index contributed by atoms with van der Waals surface area (Å²) in [5.74, 6) is -0.495. The van der Waals surface area contributed by atoms with Crippen LogP contribution in [0.4, 0.5) is 0 Å². The molecule has 2 fully saturated rings. The third-order valence-corrected chi connectivity index (χ3v) is 5.12. The molecule has 2 aliphatic rings. The number of carbonyl (C=O) groups excluding carboxylic acids is 1. The van der Waals surface area contributed by atoms with Gasteiger partial charge in [0.25, 0.3) is 0 Å². The van der Waals surface area contributed by atoms with Gasteiger partial charge in [0.05, 0.1) is 18.3 Å². The van der Waals surface area contributed by atoms with Crippen LogP contribution in [0, 0.1) is 5.92 Å². The third kappa shape index (κ3) is 4.15. The lowest BCUT2D eigenvalue weighted by Gasteiger charge is -2.30. The molecule has 19 heavy (non-hydrogen) atoms. The fourth-order valence-corrected chi connectivity index (χ4v) is 3.60. The average molecular weight is 290 g/mol. The quantitative estimate of drug-likeness (QED) is 0.771. The second-order valence-corrected chi connectivity index (χ2v) is 7.43. The summed E-state index contributed by atoms with van der Waals surface area (Å²) in [6.07, 6.45) is 7.00. The molecule has 110 valence electrons. The van der Waals surface area contributed by atoms with E-state index in [1.807, 2.05) is 0 Å². The summed E-state index contributed by atoms with van der Waals surface area (Å²) in [6.45, 7) is 0.769. The minimum Gasteiger partial charge on any atom is -0.272 e. The Kier molecular flexibility index (Phi) is 4.81. The van der Waals surface area contributed by atoms with E-state index in [1.165, 1.54) is 10.6 Å². The first kappa shape index (κ1) is 14.7.